The summed E-state index contributed by atoms with van der Waals surface area (Å²) in [5.41, 5.74) is 2.47. The molecule has 0 aromatic carbocycles. The fourth-order valence-corrected chi connectivity index (χ4v) is 2.80. The molecule has 6 nitrogen and oxygen atoms in total. The number of thiophene rings is 1. The van der Waals surface area contributed by atoms with Gasteiger partial charge in [-0.25, -0.2) is 15.8 Å². The Labute approximate surface area is 117 Å². The number of hydrogen-bond acceptors (Lipinski definition) is 7. The van der Waals surface area contributed by atoms with Crippen molar-refractivity contribution in [1.29, 1.82) is 0 Å². The maximum absolute atomic E-state index is 5.35. The number of nitrogen functional groups attached to an aromatic ring is 1. The molecular weight excluding hydrogens is 318 g/mol. The number of hydrogen-bond donors (Lipinski definition) is 3. The first kappa shape index (κ1) is 13.1. The van der Waals surface area contributed by atoms with Crippen molar-refractivity contribution in [1.82, 2.24) is 9.97 Å². The van der Waals surface area contributed by atoms with Crippen LogP contribution >= 0.6 is 27.3 Å². The normalized spacial score (nSPS) is 10.2. The van der Waals surface area contributed by atoms with Crippen LogP contribution in [0.1, 0.15) is 4.88 Å². The third-order valence-electron chi connectivity index (χ3n) is 2.20. The van der Waals surface area contributed by atoms with E-state index in [1.807, 2.05) is 11.4 Å². The Morgan fingerprint density at radius 2 is 2.22 bits per heavy atom. The summed E-state index contributed by atoms with van der Waals surface area (Å²) in [6.45, 7) is 0.660. The van der Waals surface area contributed by atoms with Crippen LogP contribution in [0.4, 0.5) is 11.6 Å². The number of anilines is 2. The molecule has 0 aliphatic rings. The molecule has 0 aliphatic carbocycles. The van der Waals surface area contributed by atoms with Crippen LogP contribution in [0.25, 0.3) is 0 Å². The molecule has 0 bridgehead atoms. The van der Waals surface area contributed by atoms with Gasteiger partial charge in [-0.05, 0) is 22.0 Å². The topological polar surface area (TPSA) is 85.1 Å². The van der Waals surface area contributed by atoms with Crippen LogP contribution in [0, 0.1) is 0 Å². The fraction of sp³-hybridized carbons (Fsp3) is 0.200. The van der Waals surface area contributed by atoms with Crippen LogP contribution in [-0.4, -0.2) is 17.1 Å². The van der Waals surface area contributed by atoms with Crippen LogP contribution in [0.15, 0.2) is 22.2 Å². The summed E-state index contributed by atoms with van der Waals surface area (Å²) in [5.74, 6) is 6.90. The van der Waals surface area contributed by atoms with Gasteiger partial charge in [0.05, 0.1) is 13.7 Å². The molecule has 2 aromatic heterocycles. The number of rotatable bonds is 5. The molecule has 96 valence electrons. The predicted molar refractivity (Wildman–Crippen MR) is 75.7 cm³/mol. The zero-order valence-corrected chi connectivity index (χ0v) is 12.0. The monoisotopic (exact) mass is 329 g/mol. The zero-order chi connectivity index (χ0) is 13.0. The van der Waals surface area contributed by atoms with Gasteiger partial charge in [0.2, 0.25) is 5.75 Å². The summed E-state index contributed by atoms with van der Waals surface area (Å²) in [4.78, 5) is 9.29. The smallest absolute Gasteiger partial charge is 0.205 e. The van der Waals surface area contributed by atoms with Crippen molar-refractivity contribution < 1.29 is 4.74 Å². The number of aromatic nitrogens is 2. The lowest BCUT2D eigenvalue weighted by Gasteiger charge is -2.11. The highest BCUT2D eigenvalue weighted by atomic mass is 79.9. The van der Waals surface area contributed by atoms with E-state index in [4.69, 9.17) is 10.6 Å². The molecule has 0 spiro atoms. The molecule has 2 heterocycles. The van der Waals surface area contributed by atoms with E-state index in [1.54, 1.807) is 18.4 Å². The molecule has 2 rings (SSSR count). The summed E-state index contributed by atoms with van der Waals surface area (Å²) < 4.78 is 6.30. The van der Waals surface area contributed by atoms with E-state index in [9.17, 15) is 0 Å². The second-order valence-electron chi connectivity index (χ2n) is 3.33. The average Bonchev–Trinajstić information content (AvgIpc) is 2.81. The molecule has 2 aromatic rings. The van der Waals surface area contributed by atoms with Crippen molar-refractivity contribution >= 4 is 38.9 Å². The van der Waals surface area contributed by atoms with E-state index in [0.29, 0.717) is 23.9 Å². The standard InChI is InChI=1S/C10H12BrN5OS/c1-17-8-9(14-5-15-10(8)16-12)13-3-7-2-6(11)4-18-7/h2,4-5H,3,12H2,1H3,(H2,13,14,15,16). The number of halogens is 1. The van der Waals surface area contributed by atoms with Crippen molar-refractivity contribution in [3.8, 4) is 5.75 Å². The fourth-order valence-electron chi connectivity index (χ4n) is 1.41. The lowest BCUT2D eigenvalue weighted by molar-refractivity contribution is 0.414. The predicted octanol–water partition coefficient (Wildman–Crippen LogP) is 2.21. The third-order valence-corrected chi connectivity index (χ3v) is 3.89. The molecule has 0 radical (unpaired) electrons. The minimum Gasteiger partial charge on any atom is -0.490 e. The Bertz CT molecular complexity index is 533. The van der Waals surface area contributed by atoms with E-state index >= 15 is 0 Å². The van der Waals surface area contributed by atoms with Gasteiger partial charge in [0.25, 0.3) is 0 Å². The molecule has 0 fully saturated rings. The number of nitrogens with two attached hydrogens (primary N) is 1. The van der Waals surface area contributed by atoms with Gasteiger partial charge in [0, 0.05) is 14.7 Å². The minimum absolute atomic E-state index is 0.447. The van der Waals surface area contributed by atoms with Gasteiger partial charge in [-0.3, -0.25) is 0 Å². The van der Waals surface area contributed by atoms with Crippen molar-refractivity contribution in [2.24, 2.45) is 5.84 Å². The van der Waals surface area contributed by atoms with Gasteiger partial charge in [-0.1, -0.05) is 0 Å². The van der Waals surface area contributed by atoms with Crippen molar-refractivity contribution in [2.75, 3.05) is 17.9 Å². The molecule has 18 heavy (non-hydrogen) atoms. The number of ether oxygens (including phenoxy) is 1. The van der Waals surface area contributed by atoms with Crippen LogP contribution in [-0.2, 0) is 6.54 Å². The van der Waals surface area contributed by atoms with E-state index < -0.39 is 0 Å². The maximum atomic E-state index is 5.35. The Balaban J connectivity index is 2.13. The Morgan fingerprint density at radius 3 is 2.83 bits per heavy atom. The van der Waals surface area contributed by atoms with E-state index in [0.717, 1.165) is 4.47 Å². The first-order chi connectivity index (χ1) is 8.74. The second kappa shape index (κ2) is 5.98. The largest absolute Gasteiger partial charge is 0.490 e. The van der Waals surface area contributed by atoms with Gasteiger partial charge < -0.3 is 15.5 Å². The second-order valence-corrected chi connectivity index (χ2v) is 5.24. The van der Waals surface area contributed by atoms with Crippen LogP contribution in [0.2, 0.25) is 0 Å². The molecule has 0 atom stereocenters. The summed E-state index contributed by atoms with van der Waals surface area (Å²) in [5, 5.41) is 5.22. The highest BCUT2D eigenvalue weighted by Crippen LogP contribution is 2.29. The van der Waals surface area contributed by atoms with E-state index in [2.05, 4.69) is 36.6 Å². The molecule has 0 amide bonds. The van der Waals surface area contributed by atoms with Crippen molar-refractivity contribution in [2.45, 2.75) is 6.54 Å². The molecule has 4 N–H and O–H groups in total. The van der Waals surface area contributed by atoms with Gasteiger partial charge in [-0.15, -0.1) is 11.3 Å². The van der Waals surface area contributed by atoms with Crippen molar-refractivity contribution in [3.05, 3.63) is 27.1 Å². The molecular formula is C10H12BrN5OS. The van der Waals surface area contributed by atoms with Crippen LogP contribution in [0.5, 0.6) is 5.75 Å². The average molecular weight is 330 g/mol. The van der Waals surface area contributed by atoms with Crippen molar-refractivity contribution in [3.63, 3.8) is 0 Å². The summed E-state index contributed by atoms with van der Waals surface area (Å²) in [6.07, 6.45) is 1.42. The Hall–Kier alpha value is -1.38. The zero-order valence-electron chi connectivity index (χ0n) is 9.61. The van der Waals surface area contributed by atoms with E-state index in [-0.39, 0.29) is 0 Å². The molecule has 8 heteroatoms. The Morgan fingerprint density at radius 1 is 1.44 bits per heavy atom. The molecule has 0 saturated heterocycles. The lowest BCUT2D eigenvalue weighted by atomic mass is 10.4. The minimum atomic E-state index is 0.447. The highest BCUT2D eigenvalue weighted by Gasteiger charge is 2.11. The summed E-state index contributed by atoms with van der Waals surface area (Å²) >= 11 is 5.07. The number of nitrogens with one attached hydrogen (secondary N) is 2. The third kappa shape index (κ3) is 2.89. The van der Waals surface area contributed by atoms with Crippen LogP contribution < -0.4 is 21.3 Å². The number of nitrogens with zero attached hydrogens (tertiary/aromatic N) is 2. The number of hydrazine groups is 1. The lowest BCUT2D eigenvalue weighted by Crippen LogP contribution is -2.12. The molecule has 0 aliphatic heterocycles. The van der Waals surface area contributed by atoms with Gasteiger partial charge in [-0.2, -0.15) is 0 Å². The Kier molecular flexibility index (Phi) is 4.34. The van der Waals surface area contributed by atoms with Gasteiger partial charge in [0.15, 0.2) is 11.6 Å². The van der Waals surface area contributed by atoms with Gasteiger partial charge >= 0.3 is 0 Å². The summed E-state index contributed by atoms with van der Waals surface area (Å²) in [6, 6.07) is 2.05. The first-order valence-corrected chi connectivity index (χ1v) is 6.74. The summed E-state index contributed by atoms with van der Waals surface area (Å²) in [7, 11) is 1.55. The van der Waals surface area contributed by atoms with E-state index in [1.165, 1.54) is 11.2 Å². The quantitative estimate of drug-likeness (QED) is 0.576. The molecule has 0 saturated carbocycles. The molecule has 0 unspecified atom stereocenters. The maximum Gasteiger partial charge on any atom is 0.205 e. The number of methoxy groups -OCH3 is 1. The van der Waals surface area contributed by atoms with Gasteiger partial charge in [0.1, 0.15) is 6.33 Å². The van der Waals surface area contributed by atoms with Crippen LogP contribution in [0.3, 0.4) is 0 Å². The first-order valence-electron chi connectivity index (χ1n) is 5.07. The highest BCUT2D eigenvalue weighted by molar-refractivity contribution is 9.10. The SMILES string of the molecule is COc1c(NN)ncnc1NCc1cc(Br)cs1.